The molecule has 2 fully saturated rings. The van der Waals surface area contributed by atoms with Crippen LogP contribution >= 0.6 is 12.1 Å². The Kier molecular flexibility index (Phi) is 26.0. The molecule has 0 unspecified atom stereocenters. The maximum Gasteiger partial charge on any atom is 0.166 e. The number of nitrogens with zero attached hydrogens (tertiary/aromatic N) is 9. The summed E-state index contributed by atoms with van der Waals surface area (Å²) in [5.74, 6) is 1.70. The number of aldehydes is 3. The van der Waals surface area contributed by atoms with E-state index in [9.17, 15) is 14.4 Å². The minimum Gasteiger partial charge on any atom is -0.493 e. The third-order valence-electron chi connectivity index (χ3n) is 15.2. The molecule has 2 saturated heterocycles. The normalized spacial score (nSPS) is 14.3. The van der Waals surface area contributed by atoms with E-state index < -0.39 is 0 Å². The molecule has 18 heteroatoms. The van der Waals surface area contributed by atoms with Crippen molar-refractivity contribution in [3.05, 3.63) is 143 Å². The predicted molar refractivity (Wildman–Crippen MR) is 345 cm³/mol. The molecule has 0 radical (unpaired) electrons. The van der Waals surface area contributed by atoms with Crippen molar-refractivity contribution >= 4 is 58.4 Å². The second-order valence-electron chi connectivity index (χ2n) is 22.8. The third kappa shape index (κ3) is 19.5. The lowest BCUT2D eigenvalue weighted by atomic mass is 9.98. The fraction of sp³-hybridized carbons (Fsp3) is 0.463. The summed E-state index contributed by atoms with van der Waals surface area (Å²) >= 11 is 1.78. The Hall–Kier alpha value is -6.45. The van der Waals surface area contributed by atoms with Gasteiger partial charge in [0, 0.05) is 144 Å². The summed E-state index contributed by atoms with van der Waals surface area (Å²) in [7, 11) is 12.0. The Morgan fingerprint density at radius 3 is 1.89 bits per heavy atom. The number of aromatic nitrogens is 3. The van der Waals surface area contributed by atoms with Crippen LogP contribution in [0.4, 0.5) is 5.69 Å². The molecule has 2 aliphatic heterocycles. The SMILES string of the molecule is COC(C)(C)C.Cc1nn(C)c(COc2ccc(N3CCN(SN(C)C)CC3)cc2)c1-c1cccc2c(CCCOc3cccc4ccccc34)c(C=O)n(CCN3CCN(CCOCCOCCN(C)C)CC3)c12.O=Cc1ccccc1C=O. The molecule has 5 aromatic carbocycles. The zero-order valence-electron chi connectivity index (χ0n) is 52.0. The number of anilines is 1. The van der Waals surface area contributed by atoms with Crippen molar-refractivity contribution in [1.29, 1.82) is 0 Å². The molecule has 458 valence electrons. The molecule has 2 aromatic heterocycles. The van der Waals surface area contributed by atoms with Gasteiger partial charge in [-0.25, -0.2) is 8.61 Å². The number of aryl methyl sites for hydroxylation is 3. The minimum atomic E-state index is 0.0417. The molecule has 9 rings (SSSR count). The largest absolute Gasteiger partial charge is 0.493 e. The fourth-order valence-electron chi connectivity index (χ4n) is 10.4. The van der Waals surface area contributed by atoms with Crippen LogP contribution in [0.3, 0.4) is 0 Å². The highest BCUT2D eigenvalue weighted by atomic mass is 32.2. The van der Waals surface area contributed by atoms with Crippen LogP contribution in [0.2, 0.25) is 0 Å². The van der Waals surface area contributed by atoms with Crippen molar-refractivity contribution in [3.63, 3.8) is 0 Å². The van der Waals surface area contributed by atoms with E-state index in [0.717, 1.165) is 158 Å². The van der Waals surface area contributed by atoms with Gasteiger partial charge in [0.1, 0.15) is 18.1 Å². The van der Waals surface area contributed by atoms with Gasteiger partial charge in [0.15, 0.2) is 18.9 Å². The molecule has 7 aromatic rings. The zero-order chi connectivity index (χ0) is 60.7. The lowest BCUT2D eigenvalue weighted by Crippen LogP contribution is -2.48. The number of para-hydroxylation sites is 1. The molecule has 17 nitrogen and oxygen atoms in total. The van der Waals surface area contributed by atoms with E-state index in [4.69, 9.17) is 28.8 Å². The highest BCUT2D eigenvalue weighted by Gasteiger charge is 2.26. The van der Waals surface area contributed by atoms with Crippen molar-refractivity contribution in [2.24, 2.45) is 7.05 Å². The molecule has 0 amide bonds. The number of hydrogen-bond donors (Lipinski definition) is 0. The lowest BCUT2D eigenvalue weighted by Gasteiger charge is -2.36. The first-order valence-electron chi connectivity index (χ1n) is 29.7. The van der Waals surface area contributed by atoms with Crippen molar-refractivity contribution in [3.8, 4) is 22.6 Å². The number of rotatable bonds is 27. The topological polar surface area (TPSA) is 140 Å². The first kappa shape index (κ1) is 66.1. The molecule has 2 aliphatic rings. The summed E-state index contributed by atoms with van der Waals surface area (Å²) in [5.41, 5.74) is 9.03. The van der Waals surface area contributed by atoms with E-state index in [0.29, 0.717) is 69.7 Å². The number of benzene rings is 5. The van der Waals surface area contributed by atoms with Gasteiger partial charge in [-0.15, -0.1) is 0 Å². The van der Waals surface area contributed by atoms with Crippen LogP contribution in [0, 0.1) is 6.92 Å². The molecule has 4 heterocycles. The molecular formula is C67H91N9O8S. The van der Waals surface area contributed by atoms with Gasteiger partial charge in [-0.2, -0.15) is 5.10 Å². The number of carbonyl (C=O) groups excluding carboxylic acids is 3. The summed E-state index contributed by atoms with van der Waals surface area (Å²) in [6, 6.07) is 36.2. The summed E-state index contributed by atoms with van der Waals surface area (Å²) in [4.78, 5) is 43.5. The summed E-state index contributed by atoms with van der Waals surface area (Å²) in [6.07, 6.45) is 3.88. The van der Waals surface area contributed by atoms with E-state index in [1.807, 2.05) is 44.6 Å². The number of hydrogen-bond acceptors (Lipinski definition) is 16. The summed E-state index contributed by atoms with van der Waals surface area (Å²) < 4.78 is 38.3. The van der Waals surface area contributed by atoms with E-state index in [2.05, 4.69) is 141 Å². The summed E-state index contributed by atoms with van der Waals surface area (Å²) in [6.45, 7) is 22.9. The van der Waals surface area contributed by atoms with Gasteiger partial charge >= 0.3 is 0 Å². The van der Waals surface area contributed by atoms with Gasteiger partial charge in [-0.05, 0) is 110 Å². The van der Waals surface area contributed by atoms with Gasteiger partial charge in [0.05, 0.1) is 61.2 Å². The van der Waals surface area contributed by atoms with Gasteiger partial charge in [0.25, 0.3) is 0 Å². The number of fused-ring (bicyclic) bond motifs is 2. The summed E-state index contributed by atoms with van der Waals surface area (Å²) in [5, 5.41) is 8.33. The molecular weight excluding hydrogens is 1090 g/mol. The molecule has 0 atom stereocenters. The minimum absolute atomic E-state index is 0.0417. The maximum atomic E-state index is 13.4. The lowest BCUT2D eigenvalue weighted by molar-refractivity contribution is 0.0283. The van der Waals surface area contributed by atoms with Crippen molar-refractivity contribution in [2.45, 2.75) is 59.3 Å². The monoisotopic (exact) mass is 1180 g/mol. The Morgan fingerprint density at radius 1 is 0.647 bits per heavy atom. The second-order valence-corrected chi connectivity index (χ2v) is 24.2. The number of piperazine rings is 2. The van der Waals surface area contributed by atoms with Gasteiger partial charge in [0.2, 0.25) is 0 Å². The van der Waals surface area contributed by atoms with Crippen LogP contribution in [0.15, 0.2) is 109 Å². The van der Waals surface area contributed by atoms with Crippen molar-refractivity contribution < 1.29 is 38.1 Å². The van der Waals surface area contributed by atoms with Crippen LogP contribution in [0.1, 0.15) is 75.3 Å². The van der Waals surface area contributed by atoms with Crippen LogP contribution in [0.5, 0.6) is 11.5 Å². The fourth-order valence-corrected chi connectivity index (χ4v) is 11.2. The maximum absolute atomic E-state index is 13.4. The van der Waals surface area contributed by atoms with Crippen LogP contribution < -0.4 is 14.4 Å². The second kappa shape index (κ2) is 33.5. The first-order valence-corrected chi connectivity index (χ1v) is 30.4. The molecule has 0 spiro atoms. The molecule has 0 bridgehead atoms. The van der Waals surface area contributed by atoms with E-state index >= 15 is 0 Å². The highest BCUT2D eigenvalue weighted by molar-refractivity contribution is 7.94. The molecule has 85 heavy (non-hydrogen) atoms. The molecule has 0 saturated carbocycles. The van der Waals surface area contributed by atoms with Crippen LogP contribution in [-0.2, 0) is 40.8 Å². The Morgan fingerprint density at radius 2 is 1.26 bits per heavy atom. The average Bonchev–Trinajstić information content (AvgIpc) is 3.95. The van der Waals surface area contributed by atoms with Crippen molar-refractivity contribution in [1.82, 2.24) is 37.7 Å². The number of likely N-dealkylation sites (N-methyl/N-ethyl adjacent to an activating group) is 1. The molecule has 0 N–H and O–H groups in total. The van der Waals surface area contributed by atoms with Gasteiger partial charge in [-0.3, -0.25) is 28.9 Å². The number of methoxy groups -OCH3 is 1. The molecule has 0 aliphatic carbocycles. The van der Waals surface area contributed by atoms with Crippen LogP contribution in [0.25, 0.3) is 32.8 Å². The predicted octanol–water partition coefficient (Wildman–Crippen LogP) is 10.1. The van der Waals surface area contributed by atoms with Gasteiger partial charge < -0.3 is 38.1 Å². The Bertz CT molecular complexity index is 3150. The standard InChI is InChI=1S/C54H73N9O5S.C8H6O2.C5H12O/c1-42-53(51(58(6)55-42)41-68-45-21-19-44(20-22-45)61-28-30-62(31-29-61)69-57(4)5)49-16-10-15-48-47(17-11-35-67-52-18-9-13-43-12-7-8-14-46(43)52)50(40-64)63(54(48)49)32-27-59-23-25-60(26-24-59)34-37-66-39-38-65-36-33-56(2)3;9-5-7-3-1-2-4-8(7)6-10;1-5(2,3)6-4/h7-10,12-16,18-22,40H,11,17,23-39,41H2,1-6H3;1-6H;1-4H3. The van der Waals surface area contributed by atoms with E-state index in [1.54, 1.807) is 43.5 Å². The number of carbonyl (C=O) groups is 3. The average molecular weight is 1180 g/mol. The number of ether oxygens (including phenoxy) is 5. The van der Waals surface area contributed by atoms with Crippen LogP contribution in [-0.4, -0.2) is 202 Å². The smallest absolute Gasteiger partial charge is 0.166 e. The highest BCUT2D eigenvalue weighted by Crippen LogP contribution is 2.38. The van der Waals surface area contributed by atoms with Crippen molar-refractivity contribution in [2.75, 3.05) is 145 Å². The Labute approximate surface area is 508 Å². The quantitative estimate of drug-likeness (QED) is 0.0274. The van der Waals surface area contributed by atoms with E-state index in [1.165, 1.54) is 5.69 Å². The zero-order valence-corrected chi connectivity index (χ0v) is 52.8. The van der Waals surface area contributed by atoms with E-state index in [-0.39, 0.29) is 5.60 Å². The Balaban J connectivity index is 0.000000563. The third-order valence-corrected chi connectivity index (χ3v) is 16.1. The van der Waals surface area contributed by atoms with Gasteiger partial charge in [-0.1, -0.05) is 78.9 Å². The first-order chi connectivity index (χ1) is 41.1.